The number of hydrogen-bond donors (Lipinski definition) is 0. The zero-order valence-corrected chi connectivity index (χ0v) is 16.1. The van der Waals surface area contributed by atoms with Crippen molar-refractivity contribution >= 4 is 30.4 Å². The molecule has 5 rings (SSSR count). The maximum absolute atomic E-state index is 6.70. The van der Waals surface area contributed by atoms with Gasteiger partial charge in [-0.3, -0.25) is 0 Å². The molecule has 0 saturated heterocycles. The molecule has 4 aromatic rings. The fourth-order valence-corrected chi connectivity index (χ4v) is 5.38. The SMILES string of the molecule is Cc1nc2c3c(ccc2[se]1)OC(c1ccccc1)(c1ccccc1)C=C3. The molecule has 0 N–H and O–H groups in total. The second kappa shape index (κ2) is 5.98. The summed E-state index contributed by atoms with van der Waals surface area (Å²) in [6.45, 7) is 2.11. The Morgan fingerprint density at radius 1 is 0.846 bits per heavy atom. The van der Waals surface area contributed by atoms with E-state index in [1.165, 1.54) is 8.83 Å². The Labute approximate surface area is 158 Å². The maximum atomic E-state index is 6.70. The van der Waals surface area contributed by atoms with Crippen LogP contribution in [0.25, 0.3) is 15.9 Å². The second-order valence-corrected chi connectivity index (χ2v) is 9.05. The molecule has 0 saturated carbocycles. The van der Waals surface area contributed by atoms with Crippen LogP contribution in [0.1, 0.15) is 21.3 Å². The third-order valence-corrected chi connectivity index (χ3v) is 6.79. The Balaban J connectivity index is 1.74. The number of nitrogens with zero attached hydrogens (tertiary/aromatic N) is 1. The van der Waals surface area contributed by atoms with Gasteiger partial charge in [0.1, 0.15) is 0 Å². The minimum absolute atomic E-state index is 0.339. The van der Waals surface area contributed by atoms with E-state index in [0.29, 0.717) is 14.5 Å². The summed E-state index contributed by atoms with van der Waals surface area (Å²) in [4.78, 5) is 4.77. The van der Waals surface area contributed by atoms with Gasteiger partial charge >= 0.3 is 158 Å². The first-order chi connectivity index (χ1) is 12.8. The van der Waals surface area contributed by atoms with Crippen molar-refractivity contribution < 1.29 is 4.74 Å². The molecule has 2 heterocycles. The van der Waals surface area contributed by atoms with Crippen molar-refractivity contribution in [2.45, 2.75) is 12.5 Å². The van der Waals surface area contributed by atoms with Crippen molar-refractivity contribution in [3.05, 3.63) is 100 Å². The van der Waals surface area contributed by atoms with E-state index in [2.05, 4.69) is 79.7 Å². The molecule has 0 unspecified atom stereocenters. The molecule has 3 heteroatoms. The third kappa shape index (κ3) is 2.36. The number of rotatable bonds is 2. The summed E-state index contributed by atoms with van der Waals surface area (Å²) in [7, 11) is 0. The van der Waals surface area contributed by atoms with Gasteiger partial charge in [-0.05, 0) is 0 Å². The number of aromatic nitrogens is 1. The summed E-state index contributed by atoms with van der Waals surface area (Å²) in [6.07, 6.45) is 4.37. The molecular formula is C23H17NOSe. The van der Waals surface area contributed by atoms with Gasteiger partial charge in [0.25, 0.3) is 0 Å². The fraction of sp³-hybridized carbons (Fsp3) is 0.0870. The normalized spacial score (nSPS) is 14.8. The molecule has 1 aliphatic rings. The van der Waals surface area contributed by atoms with Gasteiger partial charge in [0.15, 0.2) is 0 Å². The molecular weight excluding hydrogens is 385 g/mol. The average molecular weight is 402 g/mol. The van der Waals surface area contributed by atoms with Crippen LogP contribution in [0.15, 0.2) is 78.9 Å². The standard InChI is InChI=1S/C23H17NOSe/c1-16-24-22-19-14-15-23(17-8-4-2-5-9-17,18-10-6-3-7-11-18)25-20(19)12-13-21(22)26-16/h2-15H,1H3. The Bertz CT molecular complexity index is 1070. The molecule has 3 aromatic carbocycles. The van der Waals surface area contributed by atoms with E-state index in [-0.39, 0.29) is 0 Å². The molecule has 126 valence electrons. The number of aryl methyl sites for hydroxylation is 1. The van der Waals surface area contributed by atoms with Crippen LogP contribution < -0.4 is 4.74 Å². The van der Waals surface area contributed by atoms with Gasteiger partial charge in [-0.15, -0.1) is 0 Å². The van der Waals surface area contributed by atoms with Crippen LogP contribution in [0.2, 0.25) is 0 Å². The molecule has 0 aliphatic carbocycles. The quantitative estimate of drug-likeness (QED) is 0.443. The molecule has 1 aromatic heterocycles. The van der Waals surface area contributed by atoms with Crippen molar-refractivity contribution in [1.29, 1.82) is 0 Å². The van der Waals surface area contributed by atoms with Crippen LogP contribution in [0.3, 0.4) is 0 Å². The van der Waals surface area contributed by atoms with Crippen LogP contribution in [-0.2, 0) is 5.60 Å². The summed E-state index contributed by atoms with van der Waals surface area (Å²) in [5.41, 5.74) is 3.82. The minimum atomic E-state index is -0.619. The van der Waals surface area contributed by atoms with E-state index in [1.54, 1.807) is 0 Å². The van der Waals surface area contributed by atoms with Crippen LogP contribution >= 0.6 is 0 Å². The zero-order chi connectivity index (χ0) is 17.6. The zero-order valence-electron chi connectivity index (χ0n) is 14.3. The van der Waals surface area contributed by atoms with E-state index < -0.39 is 5.60 Å². The summed E-state index contributed by atoms with van der Waals surface area (Å²) in [6, 6.07) is 25.1. The second-order valence-electron chi connectivity index (χ2n) is 6.46. The number of ether oxygens (including phenoxy) is 1. The number of benzene rings is 3. The molecule has 26 heavy (non-hydrogen) atoms. The molecule has 1 aliphatic heterocycles. The van der Waals surface area contributed by atoms with E-state index in [9.17, 15) is 0 Å². The van der Waals surface area contributed by atoms with Crippen LogP contribution in [0, 0.1) is 6.92 Å². The van der Waals surface area contributed by atoms with Gasteiger partial charge in [0.05, 0.1) is 0 Å². The van der Waals surface area contributed by atoms with Crippen LogP contribution in [-0.4, -0.2) is 19.5 Å². The van der Waals surface area contributed by atoms with Gasteiger partial charge in [-0.2, -0.15) is 0 Å². The van der Waals surface area contributed by atoms with E-state index in [0.717, 1.165) is 28.0 Å². The molecule has 0 atom stereocenters. The predicted molar refractivity (Wildman–Crippen MR) is 107 cm³/mol. The monoisotopic (exact) mass is 403 g/mol. The first-order valence-electron chi connectivity index (χ1n) is 8.66. The van der Waals surface area contributed by atoms with E-state index in [4.69, 9.17) is 9.72 Å². The van der Waals surface area contributed by atoms with Gasteiger partial charge in [-0.25, -0.2) is 0 Å². The van der Waals surface area contributed by atoms with Crippen molar-refractivity contribution in [3.63, 3.8) is 0 Å². The Hall–Kier alpha value is -2.61. The average Bonchev–Trinajstić information content (AvgIpc) is 3.09. The van der Waals surface area contributed by atoms with Gasteiger partial charge < -0.3 is 0 Å². The summed E-state index contributed by atoms with van der Waals surface area (Å²) in [5.74, 6) is 0.896. The van der Waals surface area contributed by atoms with Crippen molar-refractivity contribution in [2.24, 2.45) is 0 Å². The third-order valence-electron chi connectivity index (χ3n) is 4.83. The first-order valence-corrected chi connectivity index (χ1v) is 10.4. The summed E-state index contributed by atoms with van der Waals surface area (Å²) in [5, 5.41) is 0. The Kier molecular flexibility index (Phi) is 3.59. The van der Waals surface area contributed by atoms with Crippen molar-refractivity contribution in [1.82, 2.24) is 4.98 Å². The summed E-state index contributed by atoms with van der Waals surface area (Å²) >= 11 is 0.339. The number of hydrogen-bond acceptors (Lipinski definition) is 2. The van der Waals surface area contributed by atoms with E-state index >= 15 is 0 Å². The van der Waals surface area contributed by atoms with Crippen LogP contribution in [0.5, 0.6) is 5.75 Å². The van der Waals surface area contributed by atoms with Gasteiger partial charge in [0, 0.05) is 0 Å². The van der Waals surface area contributed by atoms with E-state index in [1.807, 2.05) is 12.1 Å². The Morgan fingerprint density at radius 3 is 2.15 bits per heavy atom. The molecule has 2 nitrogen and oxygen atoms in total. The Morgan fingerprint density at radius 2 is 1.50 bits per heavy atom. The fourth-order valence-electron chi connectivity index (χ4n) is 3.61. The van der Waals surface area contributed by atoms with Crippen molar-refractivity contribution in [3.8, 4) is 5.75 Å². The van der Waals surface area contributed by atoms with Gasteiger partial charge in [0.2, 0.25) is 0 Å². The molecule has 0 fully saturated rings. The molecule has 0 amide bonds. The summed E-state index contributed by atoms with van der Waals surface area (Å²) < 4.78 is 9.26. The molecule has 0 radical (unpaired) electrons. The topological polar surface area (TPSA) is 22.1 Å². The molecule has 0 bridgehead atoms. The number of fused-ring (bicyclic) bond motifs is 3. The van der Waals surface area contributed by atoms with Crippen LogP contribution in [0.4, 0.5) is 0 Å². The predicted octanol–water partition coefficient (Wildman–Crippen LogP) is 4.95. The van der Waals surface area contributed by atoms with Gasteiger partial charge in [-0.1, -0.05) is 0 Å². The molecule has 0 spiro atoms. The first kappa shape index (κ1) is 15.6. The van der Waals surface area contributed by atoms with Crippen molar-refractivity contribution in [2.75, 3.05) is 0 Å².